The number of rotatable bonds is 6. The molecule has 1 N–H and O–H groups in total. The summed E-state index contributed by atoms with van der Waals surface area (Å²) in [5.41, 5.74) is 0.536. The molecule has 25 heavy (non-hydrogen) atoms. The van der Waals surface area contributed by atoms with Crippen molar-refractivity contribution in [3.8, 4) is 0 Å². The molecule has 0 bridgehead atoms. The van der Waals surface area contributed by atoms with Gasteiger partial charge < -0.3 is 5.32 Å². The Morgan fingerprint density at radius 2 is 1.72 bits per heavy atom. The van der Waals surface area contributed by atoms with Crippen LogP contribution >= 0.6 is 11.6 Å². The monoisotopic (exact) mass is 384 g/mol. The summed E-state index contributed by atoms with van der Waals surface area (Å²) in [4.78, 5) is 12.2. The van der Waals surface area contributed by atoms with E-state index in [2.05, 4.69) is 5.32 Å². The van der Waals surface area contributed by atoms with Crippen molar-refractivity contribution < 1.29 is 17.6 Å². The molecule has 2 rings (SSSR count). The molecular weight excluding hydrogens is 367 g/mol. The SMILES string of the molecule is CCN(CC)S(=O)(=O)c1cc(C(=O)Nc2ccc(F)cc2)ccc1Cl. The van der Waals surface area contributed by atoms with E-state index in [0.717, 1.165) is 0 Å². The molecule has 0 radical (unpaired) electrons. The van der Waals surface area contributed by atoms with Gasteiger partial charge in [-0.2, -0.15) is 4.31 Å². The maximum Gasteiger partial charge on any atom is 0.255 e. The summed E-state index contributed by atoms with van der Waals surface area (Å²) in [7, 11) is -3.79. The number of carbonyl (C=O) groups excluding carboxylic acids is 1. The fourth-order valence-electron chi connectivity index (χ4n) is 2.28. The molecule has 5 nitrogen and oxygen atoms in total. The highest BCUT2D eigenvalue weighted by atomic mass is 35.5. The fourth-order valence-corrected chi connectivity index (χ4v) is 4.24. The van der Waals surface area contributed by atoms with Crippen LogP contribution < -0.4 is 5.32 Å². The summed E-state index contributed by atoms with van der Waals surface area (Å²) in [5.74, 6) is -0.934. The molecule has 0 saturated carbocycles. The first-order valence-corrected chi connectivity index (χ1v) is 9.48. The molecule has 8 heteroatoms. The summed E-state index contributed by atoms with van der Waals surface area (Å²) in [6.07, 6.45) is 0. The summed E-state index contributed by atoms with van der Waals surface area (Å²) < 4.78 is 39.5. The Bertz CT molecular complexity index is 866. The second kappa shape index (κ2) is 7.95. The van der Waals surface area contributed by atoms with E-state index in [9.17, 15) is 17.6 Å². The molecule has 0 aromatic heterocycles. The summed E-state index contributed by atoms with van der Waals surface area (Å²) >= 11 is 6.04. The summed E-state index contributed by atoms with van der Waals surface area (Å²) in [5, 5.41) is 2.63. The number of anilines is 1. The summed E-state index contributed by atoms with van der Waals surface area (Å²) in [6.45, 7) is 4.03. The van der Waals surface area contributed by atoms with Gasteiger partial charge in [0.2, 0.25) is 10.0 Å². The van der Waals surface area contributed by atoms with Crippen LogP contribution in [0.25, 0.3) is 0 Å². The Morgan fingerprint density at radius 3 is 2.28 bits per heavy atom. The predicted molar refractivity (Wildman–Crippen MR) is 95.9 cm³/mol. The zero-order valence-electron chi connectivity index (χ0n) is 13.8. The van der Waals surface area contributed by atoms with E-state index in [4.69, 9.17) is 11.6 Å². The van der Waals surface area contributed by atoms with Gasteiger partial charge >= 0.3 is 0 Å². The maximum atomic E-state index is 12.9. The Labute approximate surface area is 151 Å². The van der Waals surface area contributed by atoms with Gasteiger partial charge in [-0.1, -0.05) is 25.4 Å². The van der Waals surface area contributed by atoms with E-state index in [1.165, 1.54) is 46.8 Å². The minimum atomic E-state index is -3.79. The quantitative estimate of drug-likeness (QED) is 0.824. The third kappa shape index (κ3) is 4.36. The fraction of sp³-hybridized carbons (Fsp3) is 0.235. The van der Waals surface area contributed by atoms with Crippen LogP contribution in [0.15, 0.2) is 47.4 Å². The number of benzene rings is 2. The largest absolute Gasteiger partial charge is 0.322 e. The van der Waals surface area contributed by atoms with Gasteiger partial charge in [-0.25, -0.2) is 12.8 Å². The van der Waals surface area contributed by atoms with Crippen LogP contribution in [0, 0.1) is 5.82 Å². The molecule has 0 atom stereocenters. The van der Waals surface area contributed by atoms with Crippen molar-refractivity contribution in [2.24, 2.45) is 0 Å². The van der Waals surface area contributed by atoms with Crippen molar-refractivity contribution in [2.75, 3.05) is 18.4 Å². The molecule has 0 heterocycles. The molecule has 0 aliphatic heterocycles. The minimum Gasteiger partial charge on any atom is -0.322 e. The number of amides is 1. The number of carbonyl (C=O) groups is 1. The molecule has 0 unspecified atom stereocenters. The first-order valence-electron chi connectivity index (χ1n) is 7.66. The smallest absolute Gasteiger partial charge is 0.255 e. The highest BCUT2D eigenvalue weighted by Gasteiger charge is 2.25. The predicted octanol–water partition coefficient (Wildman–Crippen LogP) is 3.76. The topological polar surface area (TPSA) is 66.5 Å². The first kappa shape index (κ1) is 19.4. The zero-order valence-corrected chi connectivity index (χ0v) is 15.4. The maximum absolute atomic E-state index is 12.9. The highest BCUT2D eigenvalue weighted by Crippen LogP contribution is 2.26. The number of halogens is 2. The number of sulfonamides is 1. The lowest BCUT2D eigenvalue weighted by Crippen LogP contribution is -2.31. The van der Waals surface area contributed by atoms with Crippen LogP contribution in [-0.2, 0) is 10.0 Å². The first-order chi connectivity index (χ1) is 11.8. The second-order valence-electron chi connectivity index (χ2n) is 5.20. The van der Waals surface area contributed by atoms with Crippen LogP contribution in [0.1, 0.15) is 24.2 Å². The average Bonchev–Trinajstić information content (AvgIpc) is 2.58. The molecule has 0 saturated heterocycles. The van der Waals surface area contributed by atoms with E-state index >= 15 is 0 Å². The molecule has 0 fully saturated rings. The average molecular weight is 385 g/mol. The number of hydrogen-bond donors (Lipinski definition) is 1. The molecular formula is C17H18ClFN2O3S. The number of nitrogens with one attached hydrogen (secondary N) is 1. The lowest BCUT2D eigenvalue weighted by molar-refractivity contribution is 0.102. The van der Waals surface area contributed by atoms with E-state index in [-0.39, 0.29) is 15.5 Å². The molecule has 134 valence electrons. The molecule has 0 spiro atoms. The minimum absolute atomic E-state index is 0.0465. The van der Waals surface area contributed by atoms with Gasteiger partial charge in [0.1, 0.15) is 10.7 Å². The second-order valence-corrected chi connectivity index (χ2v) is 7.51. The molecule has 1 amide bonds. The lowest BCUT2D eigenvalue weighted by atomic mass is 10.2. The number of hydrogen-bond acceptors (Lipinski definition) is 3. The van der Waals surface area contributed by atoms with Gasteiger partial charge in [0.05, 0.1) is 5.02 Å². The van der Waals surface area contributed by atoms with Crippen LogP contribution in [0.5, 0.6) is 0 Å². The molecule has 2 aromatic rings. The van der Waals surface area contributed by atoms with Crippen LogP contribution in [0.4, 0.5) is 10.1 Å². The van der Waals surface area contributed by atoms with E-state index in [1.807, 2.05) is 0 Å². The molecule has 2 aromatic carbocycles. The van der Waals surface area contributed by atoms with Crippen molar-refractivity contribution in [1.29, 1.82) is 0 Å². The van der Waals surface area contributed by atoms with Crippen molar-refractivity contribution >= 4 is 33.2 Å². The molecule has 0 aliphatic rings. The van der Waals surface area contributed by atoms with Crippen molar-refractivity contribution in [2.45, 2.75) is 18.7 Å². The third-order valence-corrected chi connectivity index (χ3v) is 6.15. The van der Waals surface area contributed by atoms with Gasteiger partial charge in [-0.05, 0) is 42.5 Å². The standard InChI is InChI=1S/C17H18ClFN2O3S/c1-3-21(4-2)25(23,24)16-11-12(5-10-15(16)18)17(22)20-14-8-6-13(19)7-9-14/h5-11H,3-4H2,1-2H3,(H,20,22). The van der Waals surface area contributed by atoms with Crippen molar-refractivity contribution in [3.63, 3.8) is 0 Å². The van der Waals surface area contributed by atoms with Gasteiger partial charge in [-0.3, -0.25) is 4.79 Å². The van der Waals surface area contributed by atoms with Gasteiger partial charge in [0.25, 0.3) is 5.91 Å². The Hall–Kier alpha value is -1.96. The van der Waals surface area contributed by atoms with Crippen molar-refractivity contribution in [1.82, 2.24) is 4.31 Å². The lowest BCUT2D eigenvalue weighted by Gasteiger charge is -2.19. The highest BCUT2D eigenvalue weighted by molar-refractivity contribution is 7.89. The van der Waals surface area contributed by atoms with Gasteiger partial charge in [0, 0.05) is 24.3 Å². The summed E-state index contributed by atoms with van der Waals surface area (Å²) in [6, 6.07) is 9.31. The van der Waals surface area contributed by atoms with E-state index < -0.39 is 21.7 Å². The van der Waals surface area contributed by atoms with Crippen LogP contribution in [-0.4, -0.2) is 31.7 Å². The Balaban J connectivity index is 2.35. The van der Waals surface area contributed by atoms with Gasteiger partial charge in [0.15, 0.2) is 0 Å². The van der Waals surface area contributed by atoms with Gasteiger partial charge in [-0.15, -0.1) is 0 Å². The molecule has 0 aliphatic carbocycles. The van der Waals surface area contributed by atoms with E-state index in [0.29, 0.717) is 18.8 Å². The zero-order chi connectivity index (χ0) is 18.6. The van der Waals surface area contributed by atoms with E-state index in [1.54, 1.807) is 13.8 Å². The Morgan fingerprint density at radius 1 is 1.12 bits per heavy atom. The normalized spacial score (nSPS) is 11.6. The van der Waals surface area contributed by atoms with Crippen molar-refractivity contribution in [3.05, 3.63) is 58.9 Å². The van der Waals surface area contributed by atoms with Crippen LogP contribution in [0.3, 0.4) is 0 Å². The number of nitrogens with zero attached hydrogens (tertiary/aromatic N) is 1. The third-order valence-electron chi connectivity index (χ3n) is 3.62. The van der Waals surface area contributed by atoms with Crippen LogP contribution in [0.2, 0.25) is 5.02 Å². The Kier molecular flexibility index (Phi) is 6.16.